The third-order valence-corrected chi connectivity index (χ3v) is 2.29. The van der Waals surface area contributed by atoms with Gasteiger partial charge in [0.15, 0.2) is 0 Å². The van der Waals surface area contributed by atoms with E-state index in [4.69, 9.17) is 9.52 Å². The molecule has 4 nitrogen and oxygen atoms in total. The minimum Gasteiger partial charge on any atom is -0.481 e. The van der Waals surface area contributed by atoms with Gasteiger partial charge < -0.3 is 9.52 Å². The number of thioether (sulfide) groups is 1. The molecule has 1 rings (SSSR count). The molecule has 0 bridgehead atoms. The van der Waals surface area contributed by atoms with Crippen LogP contribution >= 0.6 is 11.8 Å². The van der Waals surface area contributed by atoms with Crippen molar-refractivity contribution in [3.8, 4) is 0 Å². The van der Waals surface area contributed by atoms with Crippen LogP contribution in [0.15, 0.2) is 15.9 Å². The number of nitrogens with zero attached hydrogens (tertiary/aromatic N) is 1. The third kappa shape index (κ3) is 3.98. The largest absolute Gasteiger partial charge is 0.481 e. The third-order valence-electron chi connectivity index (χ3n) is 1.36. The Balaban J connectivity index is 2.16. The topological polar surface area (TPSA) is 63.3 Å². The minimum absolute atomic E-state index is 0.201. The SMILES string of the molecule is Cc1coc(SCCCC(=O)O)n1. The molecule has 0 radical (unpaired) electrons. The van der Waals surface area contributed by atoms with Crippen LogP contribution in [0.25, 0.3) is 0 Å². The van der Waals surface area contributed by atoms with Gasteiger partial charge in [-0.05, 0) is 13.3 Å². The summed E-state index contributed by atoms with van der Waals surface area (Å²) in [4.78, 5) is 14.2. The number of carbonyl (C=O) groups is 1. The number of carboxylic acid groups (broad SMARTS) is 1. The van der Waals surface area contributed by atoms with Gasteiger partial charge in [-0.25, -0.2) is 4.98 Å². The summed E-state index contributed by atoms with van der Waals surface area (Å²) in [5.74, 6) is -0.0316. The first-order valence-corrected chi connectivity index (χ1v) is 4.94. The van der Waals surface area contributed by atoms with E-state index in [9.17, 15) is 4.79 Å². The first-order valence-electron chi connectivity index (χ1n) is 3.95. The molecule has 0 aliphatic heterocycles. The van der Waals surface area contributed by atoms with Gasteiger partial charge in [-0.1, -0.05) is 11.8 Å². The van der Waals surface area contributed by atoms with Crippen LogP contribution in [-0.2, 0) is 4.79 Å². The molecule has 0 fully saturated rings. The quantitative estimate of drug-likeness (QED) is 0.582. The fourth-order valence-electron chi connectivity index (χ4n) is 0.782. The molecule has 5 heteroatoms. The molecule has 1 aromatic rings. The van der Waals surface area contributed by atoms with E-state index < -0.39 is 5.97 Å². The number of aliphatic carboxylic acids is 1. The molecular weight excluding hydrogens is 190 g/mol. The van der Waals surface area contributed by atoms with Gasteiger partial charge in [0.25, 0.3) is 5.22 Å². The Bertz CT molecular complexity index is 285. The first-order chi connectivity index (χ1) is 6.18. The minimum atomic E-state index is -0.760. The molecule has 0 unspecified atom stereocenters. The summed E-state index contributed by atoms with van der Waals surface area (Å²) in [5.41, 5.74) is 0.848. The zero-order valence-corrected chi connectivity index (χ0v) is 8.13. The lowest BCUT2D eigenvalue weighted by Crippen LogP contribution is -1.94. The van der Waals surface area contributed by atoms with Crippen LogP contribution in [0.3, 0.4) is 0 Å². The normalized spacial score (nSPS) is 10.2. The maximum absolute atomic E-state index is 10.2. The van der Waals surface area contributed by atoms with Crippen LogP contribution in [-0.4, -0.2) is 21.8 Å². The molecule has 1 aromatic heterocycles. The fraction of sp³-hybridized carbons (Fsp3) is 0.500. The van der Waals surface area contributed by atoms with E-state index in [1.807, 2.05) is 6.92 Å². The lowest BCUT2D eigenvalue weighted by atomic mass is 10.3. The maximum atomic E-state index is 10.2. The number of oxazole rings is 1. The average Bonchev–Trinajstić information content (AvgIpc) is 2.45. The lowest BCUT2D eigenvalue weighted by molar-refractivity contribution is -0.137. The zero-order valence-electron chi connectivity index (χ0n) is 7.32. The highest BCUT2D eigenvalue weighted by atomic mass is 32.2. The summed E-state index contributed by atoms with van der Waals surface area (Å²) >= 11 is 1.44. The van der Waals surface area contributed by atoms with Crippen molar-refractivity contribution < 1.29 is 14.3 Å². The molecule has 0 aliphatic carbocycles. The van der Waals surface area contributed by atoms with E-state index in [0.29, 0.717) is 11.6 Å². The van der Waals surface area contributed by atoms with Gasteiger partial charge in [0.2, 0.25) is 0 Å². The van der Waals surface area contributed by atoms with Crippen LogP contribution in [0, 0.1) is 6.92 Å². The van der Waals surface area contributed by atoms with E-state index in [1.54, 1.807) is 6.26 Å². The van der Waals surface area contributed by atoms with Crippen molar-refractivity contribution in [2.45, 2.75) is 25.0 Å². The van der Waals surface area contributed by atoms with Gasteiger partial charge >= 0.3 is 5.97 Å². The van der Waals surface area contributed by atoms with Crippen LogP contribution < -0.4 is 0 Å². The summed E-state index contributed by atoms with van der Waals surface area (Å²) in [6.07, 6.45) is 2.42. The molecule has 72 valence electrons. The maximum Gasteiger partial charge on any atom is 0.303 e. The molecule has 0 saturated heterocycles. The summed E-state index contributed by atoms with van der Waals surface area (Å²) in [7, 11) is 0. The van der Waals surface area contributed by atoms with Crippen molar-refractivity contribution in [2.24, 2.45) is 0 Å². The summed E-state index contributed by atoms with van der Waals surface area (Å²) in [6.45, 7) is 1.85. The van der Waals surface area contributed by atoms with Crippen molar-refractivity contribution in [1.82, 2.24) is 4.98 Å². The van der Waals surface area contributed by atoms with Gasteiger partial charge in [0.1, 0.15) is 6.26 Å². The molecule has 0 amide bonds. The van der Waals surface area contributed by atoms with Crippen LogP contribution in [0.2, 0.25) is 0 Å². The summed E-state index contributed by atoms with van der Waals surface area (Å²) < 4.78 is 5.08. The lowest BCUT2D eigenvalue weighted by Gasteiger charge is -1.93. The number of hydrogen-bond donors (Lipinski definition) is 1. The molecular formula is C8H11NO3S. The second-order valence-corrected chi connectivity index (χ2v) is 3.65. The molecule has 0 atom stereocenters. The van der Waals surface area contributed by atoms with Crippen LogP contribution in [0.4, 0.5) is 0 Å². The van der Waals surface area contributed by atoms with E-state index in [0.717, 1.165) is 11.4 Å². The van der Waals surface area contributed by atoms with E-state index in [2.05, 4.69) is 4.98 Å². The van der Waals surface area contributed by atoms with Gasteiger partial charge in [-0.3, -0.25) is 4.79 Å². The van der Waals surface area contributed by atoms with Crippen LogP contribution in [0.5, 0.6) is 0 Å². The Morgan fingerprint density at radius 3 is 3.08 bits per heavy atom. The smallest absolute Gasteiger partial charge is 0.303 e. The molecule has 0 saturated carbocycles. The molecule has 13 heavy (non-hydrogen) atoms. The Morgan fingerprint density at radius 2 is 2.54 bits per heavy atom. The zero-order chi connectivity index (χ0) is 9.68. The number of aryl methyl sites for hydroxylation is 1. The number of aromatic nitrogens is 1. The Kier molecular flexibility index (Phi) is 3.82. The van der Waals surface area contributed by atoms with Gasteiger partial charge in [0, 0.05) is 12.2 Å². The number of carboxylic acids is 1. The molecule has 1 N–H and O–H groups in total. The van der Waals surface area contributed by atoms with Crippen molar-refractivity contribution in [3.63, 3.8) is 0 Å². The van der Waals surface area contributed by atoms with Crippen molar-refractivity contribution in [3.05, 3.63) is 12.0 Å². The van der Waals surface area contributed by atoms with E-state index in [-0.39, 0.29) is 6.42 Å². The second kappa shape index (κ2) is 4.91. The first kappa shape index (κ1) is 10.1. The fourth-order valence-corrected chi connectivity index (χ4v) is 1.57. The van der Waals surface area contributed by atoms with Gasteiger partial charge in [-0.2, -0.15) is 0 Å². The van der Waals surface area contributed by atoms with Gasteiger partial charge in [-0.15, -0.1) is 0 Å². The van der Waals surface area contributed by atoms with Gasteiger partial charge in [0.05, 0.1) is 5.69 Å². The Labute approximate surface area is 80.3 Å². The second-order valence-electron chi connectivity index (χ2n) is 2.60. The highest BCUT2D eigenvalue weighted by Gasteiger charge is 2.02. The monoisotopic (exact) mass is 201 g/mol. The summed E-state index contributed by atoms with van der Waals surface area (Å²) in [6, 6.07) is 0. The van der Waals surface area contributed by atoms with Crippen molar-refractivity contribution in [2.75, 3.05) is 5.75 Å². The molecule has 0 aliphatic rings. The predicted molar refractivity (Wildman–Crippen MR) is 48.8 cm³/mol. The highest BCUT2D eigenvalue weighted by Crippen LogP contribution is 2.17. The molecule has 0 spiro atoms. The predicted octanol–water partition coefficient (Wildman–Crippen LogP) is 1.94. The number of hydrogen-bond acceptors (Lipinski definition) is 4. The summed E-state index contributed by atoms with van der Waals surface area (Å²) in [5, 5.41) is 8.98. The average molecular weight is 201 g/mol. The van der Waals surface area contributed by atoms with Crippen molar-refractivity contribution in [1.29, 1.82) is 0 Å². The Morgan fingerprint density at radius 1 is 1.77 bits per heavy atom. The molecule has 0 aromatic carbocycles. The van der Waals surface area contributed by atoms with Crippen LogP contribution in [0.1, 0.15) is 18.5 Å². The van der Waals surface area contributed by atoms with Crippen molar-refractivity contribution >= 4 is 17.7 Å². The highest BCUT2D eigenvalue weighted by molar-refractivity contribution is 7.99. The Hall–Kier alpha value is -0.970. The number of rotatable bonds is 5. The van der Waals surface area contributed by atoms with E-state index >= 15 is 0 Å². The van der Waals surface area contributed by atoms with E-state index in [1.165, 1.54) is 11.8 Å². The molecule has 1 heterocycles. The standard InChI is InChI=1S/C8H11NO3S/c1-6-5-12-8(9-6)13-4-2-3-7(10)11/h5H,2-4H2,1H3,(H,10,11).